The lowest BCUT2D eigenvalue weighted by Gasteiger charge is -2.26. The first-order valence-corrected chi connectivity index (χ1v) is 12.0. The van der Waals surface area contributed by atoms with Crippen molar-refractivity contribution in [2.45, 2.75) is 90.0 Å². The molecule has 7 heteroatoms. The molecule has 2 rings (SSSR count). The zero-order valence-corrected chi connectivity index (χ0v) is 20.4. The Hall–Kier alpha value is -1.57. The van der Waals surface area contributed by atoms with E-state index in [-0.39, 0.29) is 13.2 Å². The molecule has 182 valence electrons. The number of methoxy groups -OCH3 is 1. The standard InChI is InChI=1S/C25H42FN3O3/c1-25(2,3)32-24(30)22(27)14-16-29(17-20(26)18-31-4)15-8-7-10-21-13-12-19-9-5-6-11-23(19)28-21/h12-13,20,22H,5-11,14-18,27H2,1-4H3/t20-,22-/m0/s1. The molecule has 0 aliphatic heterocycles. The molecular formula is C25H42FN3O3. The summed E-state index contributed by atoms with van der Waals surface area (Å²) < 4.78 is 24.5. The molecule has 1 aromatic heterocycles. The fourth-order valence-electron chi connectivity index (χ4n) is 4.03. The van der Waals surface area contributed by atoms with Crippen LogP contribution in [0.1, 0.15) is 69.8 Å². The van der Waals surface area contributed by atoms with Gasteiger partial charge in [-0.25, -0.2) is 4.39 Å². The number of halogens is 1. The summed E-state index contributed by atoms with van der Waals surface area (Å²) in [4.78, 5) is 19.0. The molecule has 0 fully saturated rings. The summed E-state index contributed by atoms with van der Waals surface area (Å²) in [6.45, 7) is 7.08. The molecule has 1 aliphatic carbocycles. The second-order valence-electron chi connectivity index (χ2n) is 9.85. The minimum Gasteiger partial charge on any atom is -0.459 e. The normalized spacial score (nSPS) is 16.0. The fourth-order valence-corrected chi connectivity index (χ4v) is 4.03. The number of carbonyl (C=O) groups excluding carboxylic acids is 1. The van der Waals surface area contributed by atoms with Gasteiger partial charge in [0.05, 0.1) is 6.61 Å². The number of aromatic nitrogens is 1. The number of alkyl halides is 1. The van der Waals surface area contributed by atoms with Crippen LogP contribution < -0.4 is 5.73 Å². The van der Waals surface area contributed by atoms with E-state index < -0.39 is 23.8 Å². The maximum Gasteiger partial charge on any atom is 0.323 e. The summed E-state index contributed by atoms with van der Waals surface area (Å²) in [6, 6.07) is 3.68. The van der Waals surface area contributed by atoms with Gasteiger partial charge in [0.2, 0.25) is 0 Å². The first-order valence-electron chi connectivity index (χ1n) is 12.0. The second kappa shape index (κ2) is 13.2. The number of rotatable bonds is 13. The van der Waals surface area contributed by atoms with Gasteiger partial charge in [-0.05, 0) is 90.3 Å². The Kier molecular flexibility index (Phi) is 11.0. The highest BCUT2D eigenvalue weighted by atomic mass is 19.1. The zero-order valence-electron chi connectivity index (χ0n) is 20.4. The van der Waals surface area contributed by atoms with E-state index in [2.05, 4.69) is 12.1 Å². The Bertz CT molecular complexity index is 708. The van der Waals surface area contributed by atoms with Crippen LogP contribution in [0, 0.1) is 0 Å². The zero-order chi connectivity index (χ0) is 23.6. The van der Waals surface area contributed by atoms with Crippen LogP contribution in [-0.4, -0.2) is 67.0 Å². The van der Waals surface area contributed by atoms with Crippen LogP contribution in [0.5, 0.6) is 0 Å². The van der Waals surface area contributed by atoms with Gasteiger partial charge in [-0.1, -0.05) is 6.07 Å². The van der Waals surface area contributed by atoms with Gasteiger partial charge in [-0.15, -0.1) is 0 Å². The van der Waals surface area contributed by atoms with Crippen molar-refractivity contribution >= 4 is 5.97 Å². The van der Waals surface area contributed by atoms with E-state index in [4.69, 9.17) is 20.2 Å². The molecule has 0 saturated heterocycles. The predicted molar refractivity (Wildman–Crippen MR) is 125 cm³/mol. The van der Waals surface area contributed by atoms with Crippen molar-refractivity contribution in [2.75, 3.05) is 33.4 Å². The number of carbonyl (C=O) groups is 1. The largest absolute Gasteiger partial charge is 0.459 e. The van der Waals surface area contributed by atoms with Gasteiger partial charge >= 0.3 is 5.97 Å². The summed E-state index contributed by atoms with van der Waals surface area (Å²) >= 11 is 0. The van der Waals surface area contributed by atoms with E-state index in [1.165, 1.54) is 31.2 Å². The van der Waals surface area contributed by atoms with Crippen molar-refractivity contribution in [3.05, 3.63) is 29.1 Å². The molecule has 2 N–H and O–H groups in total. The highest BCUT2D eigenvalue weighted by molar-refractivity contribution is 5.75. The molecule has 0 aromatic carbocycles. The average Bonchev–Trinajstić information content (AvgIpc) is 2.73. The minimum atomic E-state index is -1.07. The van der Waals surface area contributed by atoms with Crippen LogP contribution in [0.2, 0.25) is 0 Å². The van der Waals surface area contributed by atoms with Gasteiger partial charge in [0.25, 0.3) is 0 Å². The third-order valence-corrected chi connectivity index (χ3v) is 5.66. The molecule has 2 atom stereocenters. The summed E-state index contributed by atoms with van der Waals surface area (Å²) in [6.07, 6.45) is 6.94. The minimum absolute atomic E-state index is 0.0632. The molecule has 0 spiro atoms. The molecular weight excluding hydrogens is 409 g/mol. The fraction of sp³-hybridized carbons (Fsp3) is 0.760. The Labute approximate surface area is 193 Å². The Morgan fingerprint density at radius 3 is 2.69 bits per heavy atom. The van der Waals surface area contributed by atoms with Crippen LogP contribution in [-0.2, 0) is 33.5 Å². The summed E-state index contributed by atoms with van der Waals surface area (Å²) in [5.41, 5.74) is 9.27. The quantitative estimate of drug-likeness (QED) is 0.365. The van der Waals surface area contributed by atoms with Gasteiger partial charge in [0.1, 0.15) is 17.8 Å². The summed E-state index contributed by atoms with van der Waals surface area (Å²) in [7, 11) is 1.50. The third kappa shape index (κ3) is 9.92. The van der Waals surface area contributed by atoms with Gasteiger partial charge < -0.3 is 20.1 Å². The molecule has 0 amide bonds. The molecule has 0 unspecified atom stereocenters. The van der Waals surface area contributed by atoms with Crippen LogP contribution >= 0.6 is 0 Å². The number of nitrogens with zero attached hydrogens (tertiary/aromatic N) is 2. The van der Waals surface area contributed by atoms with Crippen molar-refractivity contribution in [1.82, 2.24) is 9.88 Å². The monoisotopic (exact) mass is 451 g/mol. The van der Waals surface area contributed by atoms with Gasteiger partial charge in [0, 0.05) is 31.6 Å². The van der Waals surface area contributed by atoms with Crippen molar-refractivity contribution in [1.29, 1.82) is 0 Å². The van der Waals surface area contributed by atoms with Crippen LogP contribution in [0.15, 0.2) is 12.1 Å². The van der Waals surface area contributed by atoms with E-state index in [9.17, 15) is 9.18 Å². The molecule has 32 heavy (non-hydrogen) atoms. The Morgan fingerprint density at radius 2 is 1.97 bits per heavy atom. The maximum absolute atomic E-state index is 14.2. The molecule has 1 aromatic rings. The van der Waals surface area contributed by atoms with Crippen molar-refractivity contribution in [2.24, 2.45) is 5.73 Å². The van der Waals surface area contributed by atoms with Crippen molar-refractivity contribution in [3.8, 4) is 0 Å². The predicted octanol–water partition coefficient (Wildman–Crippen LogP) is 3.63. The molecule has 6 nitrogen and oxygen atoms in total. The van der Waals surface area contributed by atoms with E-state index in [1.807, 2.05) is 25.7 Å². The number of ether oxygens (including phenoxy) is 2. The lowest BCUT2D eigenvalue weighted by Crippen LogP contribution is -2.41. The third-order valence-electron chi connectivity index (χ3n) is 5.66. The van der Waals surface area contributed by atoms with Crippen molar-refractivity contribution in [3.63, 3.8) is 0 Å². The number of nitrogens with two attached hydrogens (primary N) is 1. The van der Waals surface area contributed by atoms with Crippen molar-refractivity contribution < 1.29 is 18.7 Å². The van der Waals surface area contributed by atoms with Crippen LogP contribution in [0.4, 0.5) is 4.39 Å². The molecule has 0 radical (unpaired) electrons. The number of unbranched alkanes of at least 4 members (excludes halogenated alkanes) is 1. The second-order valence-corrected chi connectivity index (χ2v) is 9.85. The SMILES string of the molecule is COC[C@@H](F)CN(CCCCc1ccc2c(n1)CCCC2)CC[C@H](N)C(=O)OC(C)(C)C. The molecule has 1 aliphatic rings. The number of hydrogen-bond donors (Lipinski definition) is 1. The highest BCUT2D eigenvalue weighted by Crippen LogP contribution is 2.20. The number of esters is 1. The van der Waals surface area contributed by atoms with Gasteiger partial charge in [-0.3, -0.25) is 9.78 Å². The smallest absolute Gasteiger partial charge is 0.323 e. The number of fused-ring (bicyclic) bond motifs is 1. The highest BCUT2D eigenvalue weighted by Gasteiger charge is 2.23. The van der Waals surface area contributed by atoms with Crippen LogP contribution in [0.3, 0.4) is 0 Å². The Morgan fingerprint density at radius 1 is 1.22 bits per heavy atom. The first kappa shape index (κ1) is 26.7. The maximum atomic E-state index is 14.2. The number of aryl methyl sites for hydroxylation is 3. The van der Waals surface area contributed by atoms with E-state index in [0.29, 0.717) is 13.0 Å². The first-order chi connectivity index (χ1) is 15.2. The molecule has 1 heterocycles. The van der Waals surface area contributed by atoms with E-state index >= 15 is 0 Å². The summed E-state index contributed by atoms with van der Waals surface area (Å²) in [5, 5.41) is 0. The van der Waals surface area contributed by atoms with Crippen LogP contribution in [0.25, 0.3) is 0 Å². The molecule has 0 bridgehead atoms. The van der Waals surface area contributed by atoms with Gasteiger partial charge in [-0.2, -0.15) is 0 Å². The molecule has 0 saturated carbocycles. The van der Waals surface area contributed by atoms with E-state index in [0.717, 1.165) is 44.3 Å². The summed E-state index contributed by atoms with van der Waals surface area (Å²) in [5.74, 6) is -0.412. The van der Waals surface area contributed by atoms with Gasteiger partial charge in [0.15, 0.2) is 0 Å². The Balaban J connectivity index is 1.80. The van der Waals surface area contributed by atoms with E-state index in [1.54, 1.807) is 0 Å². The lowest BCUT2D eigenvalue weighted by molar-refractivity contribution is -0.156. The number of pyridine rings is 1. The lowest BCUT2D eigenvalue weighted by atomic mass is 9.95. The topological polar surface area (TPSA) is 77.7 Å². The average molecular weight is 452 g/mol. The number of hydrogen-bond acceptors (Lipinski definition) is 6.